The van der Waals surface area contributed by atoms with E-state index in [1.165, 1.54) is 83.5 Å². The maximum Gasteiger partial charge on any atom is 0.0465 e. The van der Waals surface area contributed by atoms with Crippen molar-refractivity contribution in [3.05, 3.63) is 12.2 Å². The van der Waals surface area contributed by atoms with Gasteiger partial charge in [-0.3, -0.25) is 0 Å². The molecule has 0 aromatic carbocycles. The van der Waals surface area contributed by atoms with E-state index in [2.05, 4.69) is 26.0 Å². The van der Waals surface area contributed by atoms with Gasteiger partial charge in [0, 0.05) is 13.2 Å². The number of allylic oxidation sites excluding steroid dienone is 2. The summed E-state index contributed by atoms with van der Waals surface area (Å²) in [6.07, 6.45) is 22.5. The van der Waals surface area contributed by atoms with Gasteiger partial charge in [0.15, 0.2) is 0 Å². The molecule has 0 aromatic rings. The number of ether oxygens (including phenoxy) is 1. The summed E-state index contributed by atoms with van der Waals surface area (Å²) < 4.78 is 5.34. The monoisotopic (exact) mass is 282 g/mol. The smallest absolute Gasteiger partial charge is 0.0465 e. The Morgan fingerprint density at radius 3 is 1.65 bits per heavy atom. The Bertz CT molecular complexity index is 186. The van der Waals surface area contributed by atoms with Gasteiger partial charge in [0.05, 0.1) is 0 Å². The molecule has 0 aliphatic heterocycles. The Hall–Kier alpha value is -0.300. The molecule has 0 aliphatic carbocycles. The first-order valence-electron chi connectivity index (χ1n) is 9.14. The number of hydrogen-bond donors (Lipinski definition) is 0. The van der Waals surface area contributed by atoms with Gasteiger partial charge in [0.25, 0.3) is 0 Å². The fourth-order valence-corrected chi connectivity index (χ4v) is 2.42. The molecule has 120 valence electrons. The van der Waals surface area contributed by atoms with Gasteiger partial charge in [0.2, 0.25) is 0 Å². The topological polar surface area (TPSA) is 9.23 Å². The molecule has 0 N–H and O–H groups in total. The van der Waals surface area contributed by atoms with Gasteiger partial charge in [-0.2, -0.15) is 0 Å². The molecule has 0 aliphatic rings. The molecule has 0 bridgehead atoms. The average Bonchev–Trinajstić information content (AvgIpc) is 2.47. The molecule has 0 aromatic heterocycles. The van der Waals surface area contributed by atoms with Crippen LogP contribution in [0.2, 0.25) is 0 Å². The zero-order chi connectivity index (χ0) is 14.7. The van der Waals surface area contributed by atoms with Gasteiger partial charge in [-0.05, 0) is 39.0 Å². The van der Waals surface area contributed by atoms with E-state index in [4.69, 9.17) is 4.74 Å². The second kappa shape index (κ2) is 18.7. The minimum absolute atomic E-state index is 0.866. The van der Waals surface area contributed by atoms with Crippen LogP contribution in [0.15, 0.2) is 12.2 Å². The fraction of sp³-hybridized carbons (Fsp3) is 0.895. The van der Waals surface area contributed by atoms with E-state index in [-0.39, 0.29) is 0 Å². The van der Waals surface area contributed by atoms with Crippen LogP contribution in [0.5, 0.6) is 0 Å². The van der Waals surface area contributed by atoms with Crippen LogP contribution in [0.3, 0.4) is 0 Å². The van der Waals surface area contributed by atoms with E-state index in [1.54, 1.807) is 0 Å². The van der Waals surface area contributed by atoms with Crippen molar-refractivity contribution in [1.29, 1.82) is 0 Å². The molecule has 0 saturated heterocycles. The third-order valence-corrected chi connectivity index (χ3v) is 3.75. The van der Waals surface area contributed by atoms with Crippen LogP contribution in [-0.2, 0) is 4.74 Å². The molecule has 20 heavy (non-hydrogen) atoms. The first-order valence-corrected chi connectivity index (χ1v) is 9.14. The standard InChI is InChI=1S/C19H38O/c1-3-5-6-7-8-9-10-11-12-13-14-15-16-17-18-19-20-4-2/h10-11H,3-9,12-19H2,1-2H3/b11-10-. The van der Waals surface area contributed by atoms with Crippen LogP contribution < -0.4 is 0 Å². The maximum absolute atomic E-state index is 5.34. The van der Waals surface area contributed by atoms with Crippen molar-refractivity contribution in [3.8, 4) is 0 Å². The lowest BCUT2D eigenvalue weighted by Crippen LogP contribution is -1.92. The van der Waals surface area contributed by atoms with Crippen molar-refractivity contribution in [1.82, 2.24) is 0 Å². The van der Waals surface area contributed by atoms with Gasteiger partial charge < -0.3 is 4.74 Å². The number of unbranched alkanes of at least 4 members (excludes halogenated alkanes) is 11. The Morgan fingerprint density at radius 1 is 0.600 bits per heavy atom. The van der Waals surface area contributed by atoms with Crippen molar-refractivity contribution >= 4 is 0 Å². The summed E-state index contributed by atoms with van der Waals surface area (Å²) >= 11 is 0. The highest BCUT2D eigenvalue weighted by atomic mass is 16.5. The van der Waals surface area contributed by atoms with Crippen molar-refractivity contribution in [2.45, 2.75) is 97.3 Å². The van der Waals surface area contributed by atoms with Crippen molar-refractivity contribution in [2.75, 3.05) is 13.2 Å². The molecular weight excluding hydrogens is 244 g/mol. The average molecular weight is 283 g/mol. The van der Waals surface area contributed by atoms with E-state index >= 15 is 0 Å². The first kappa shape index (κ1) is 19.7. The van der Waals surface area contributed by atoms with Crippen molar-refractivity contribution < 1.29 is 4.74 Å². The highest BCUT2D eigenvalue weighted by Crippen LogP contribution is 2.09. The van der Waals surface area contributed by atoms with Crippen molar-refractivity contribution in [3.63, 3.8) is 0 Å². The van der Waals surface area contributed by atoms with Crippen LogP contribution in [0.4, 0.5) is 0 Å². The second-order valence-electron chi connectivity index (χ2n) is 5.78. The summed E-state index contributed by atoms with van der Waals surface area (Å²) in [4.78, 5) is 0. The molecule has 0 spiro atoms. The largest absolute Gasteiger partial charge is 0.382 e. The Labute approximate surface area is 128 Å². The molecule has 0 saturated carbocycles. The quantitative estimate of drug-likeness (QED) is 0.227. The normalized spacial score (nSPS) is 11.5. The van der Waals surface area contributed by atoms with Gasteiger partial charge in [-0.15, -0.1) is 0 Å². The van der Waals surface area contributed by atoms with Crippen LogP contribution in [0.1, 0.15) is 97.3 Å². The summed E-state index contributed by atoms with van der Waals surface area (Å²) in [6, 6.07) is 0. The van der Waals surface area contributed by atoms with Crippen LogP contribution in [-0.4, -0.2) is 13.2 Å². The van der Waals surface area contributed by atoms with Crippen molar-refractivity contribution in [2.24, 2.45) is 0 Å². The molecule has 0 rings (SSSR count). The first-order chi connectivity index (χ1) is 9.91. The SMILES string of the molecule is CCCCCCC/C=C\CCCCCCCCOCC. The fourth-order valence-electron chi connectivity index (χ4n) is 2.42. The molecule has 0 unspecified atom stereocenters. The second-order valence-corrected chi connectivity index (χ2v) is 5.78. The predicted molar refractivity (Wildman–Crippen MR) is 91.3 cm³/mol. The molecule has 0 radical (unpaired) electrons. The van der Waals surface area contributed by atoms with Gasteiger partial charge >= 0.3 is 0 Å². The lowest BCUT2D eigenvalue weighted by Gasteiger charge is -2.01. The Balaban J connectivity index is 3.01. The molecule has 1 heteroatoms. The third-order valence-electron chi connectivity index (χ3n) is 3.75. The van der Waals surface area contributed by atoms with E-state index in [0.29, 0.717) is 0 Å². The summed E-state index contributed by atoms with van der Waals surface area (Å²) in [7, 11) is 0. The maximum atomic E-state index is 5.34. The van der Waals surface area contributed by atoms with E-state index < -0.39 is 0 Å². The molecule has 1 nitrogen and oxygen atoms in total. The Kier molecular flexibility index (Phi) is 18.4. The molecule has 0 fully saturated rings. The molecule has 0 amide bonds. The molecular formula is C19H38O. The van der Waals surface area contributed by atoms with Gasteiger partial charge in [-0.1, -0.05) is 70.4 Å². The van der Waals surface area contributed by atoms with E-state index in [9.17, 15) is 0 Å². The van der Waals surface area contributed by atoms with Crippen LogP contribution >= 0.6 is 0 Å². The van der Waals surface area contributed by atoms with E-state index in [0.717, 1.165) is 13.2 Å². The summed E-state index contributed by atoms with van der Waals surface area (Å²) in [5.74, 6) is 0. The Morgan fingerprint density at radius 2 is 1.10 bits per heavy atom. The summed E-state index contributed by atoms with van der Waals surface area (Å²) in [5.41, 5.74) is 0. The number of hydrogen-bond acceptors (Lipinski definition) is 1. The van der Waals surface area contributed by atoms with Gasteiger partial charge in [-0.25, -0.2) is 0 Å². The van der Waals surface area contributed by atoms with Crippen LogP contribution in [0, 0.1) is 0 Å². The molecule has 0 atom stereocenters. The minimum Gasteiger partial charge on any atom is -0.382 e. The third kappa shape index (κ3) is 17.7. The highest BCUT2D eigenvalue weighted by molar-refractivity contribution is 4.81. The summed E-state index contributed by atoms with van der Waals surface area (Å²) in [5, 5.41) is 0. The van der Waals surface area contributed by atoms with Gasteiger partial charge in [0.1, 0.15) is 0 Å². The lowest BCUT2D eigenvalue weighted by molar-refractivity contribution is 0.143. The summed E-state index contributed by atoms with van der Waals surface area (Å²) in [6.45, 7) is 6.17. The lowest BCUT2D eigenvalue weighted by atomic mass is 10.1. The number of rotatable bonds is 16. The minimum atomic E-state index is 0.866. The highest BCUT2D eigenvalue weighted by Gasteiger charge is 1.91. The molecule has 0 heterocycles. The van der Waals surface area contributed by atoms with Crippen LogP contribution in [0.25, 0.3) is 0 Å². The zero-order valence-electron chi connectivity index (χ0n) is 14.2. The predicted octanol–water partition coefficient (Wildman–Crippen LogP) is 6.67. The van der Waals surface area contributed by atoms with E-state index in [1.807, 2.05) is 0 Å². The zero-order valence-corrected chi connectivity index (χ0v) is 14.2.